The molecular formula is C13H19ClN2O2S. The molecule has 0 radical (unpaired) electrons. The Morgan fingerprint density at radius 3 is 2.63 bits per heavy atom. The first-order valence-electron chi connectivity index (χ1n) is 6.54. The SMILES string of the molecule is O=S(=O)(NCC1(CCl)CCCCC1)c1cccnc1. The predicted octanol–water partition coefficient (Wildman–Crippen LogP) is 2.55. The Balaban J connectivity index is 2.05. The van der Waals surface area contributed by atoms with Crippen LogP contribution >= 0.6 is 11.6 Å². The maximum atomic E-state index is 12.1. The van der Waals surface area contributed by atoms with Gasteiger partial charge in [0.25, 0.3) is 0 Å². The largest absolute Gasteiger partial charge is 0.263 e. The average molecular weight is 303 g/mol. The molecule has 0 saturated heterocycles. The Bertz CT molecular complexity index is 499. The molecule has 0 atom stereocenters. The first-order valence-corrected chi connectivity index (χ1v) is 8.55. The van der Waals surface area contributed by atoms with Crippen molar-refractivity contribution in [1.29, 1.82) is 0 Å². The van der Waals surface area contributed by atoms with Crippen molar-refractivity contribution in [3.8, 4) is 0 Å². The predicted molar refractivity (Wildman–Crippen MR) is 75.7 cm³/mol. The van der Waals surface area contributed by atoms with Gasteiger partial charge in [-0.15, -0.1) is 11.6 Å². The van der Waals surface area contributed by atoms with Crippen molar-refractivity contribution in [3.63, 3.8) is 0 Å². The van der Waals surface area contributed by atoms with E-state index < -0.39 is 10.0 Å². The number of sulfonamides is 1. The number of nitrogens with zero attached hydrogens (tertiary/aromatic N) is 1. The second kappa shape index (κ2) is 6.20. The van der Waals surface area contributed by atoms with Crippen LogP contribution in [-0.4, -0.2) is 25.8 Å². The summed E-state index contributed by atoms with van der Waals surface area (Å²) in [5, 5.41) is 0. The molecule has 19 heavy (non-hydrogen) atoms. The van der Waals surface area contributed by atoms with Gasteiger partial charge in [-0.25, -0.2) is 13.1 Å². The number of aromatic nitrogens is 1. The van der Waals surface area contributed by atoms with E-state index in [1.807, 2.05) is 0 Å². The highest BCUT2D eigenvalue weighted by Gasteiger charge is 2.32. The molecule has 1 aliphatic carbocycles. The highest BCUT2D eigenvalue weighted by atomic mass is 35.5. The third-order valence-electron chi connectivity index (χ3n) is 3.78. The van der Waals surface area contributed by atoms with E-state index in [1.165, 1.54) is 12.6 Å². The summed E-state index contributed by atoms with van der Waals surface area (Å²) >= 11 is 6.06. The van der Waals surface area contributed by atoms with Gasteiger partial charge in [0, 0.05) is 24.8 Å². The van der Waals surface area contributed by atoms with Crippen LogP contribution in [0.3, 0.4) is 0 Å². The van der Waals surface area contributed by atoms with Crippen LogP contribution in [0.2, 0.25) is 0 Å². The van der Waals surface area contributed by atoms with Crippen LogP contribution < -0.4 is 4.72 Å². The van der Waals surface area contributed by atoms with Gasteiger partial charge in [-0.05, 0) is 30.4 Å². The molecule has 1 aromatic rings. The van der Waals surface area contributed by atoms with Crippen molar-refractivity contribution >= 4 is 21.6 Å². The Kier molecular flexibility index (Phi) is 4.81. The molecule has 0 unspecified atom stereocenters. The van der Waals surface area contributed by atoms with Crippen LogP contribution in [-0.2, 0) is 10.0 Å². The topological polar surface area (TPSA) is 59.1 Å². The molecule has 0 bridgehead atoms. The van der Waals surface area contributed by atoms with Gasteiger partial charge in [0.15, 0.2) is 0 Å². The van der Waals surface area contributed by atoms with E-state index in [1.54, 1.807) is 18.3 Å². The number of pyridine rings is 1. The lowest BCUT2D eigenvalue weighted by Crippen LogP contribution is -2.40. The molecule has 0 amide bonds. The molecular weight excluding hydrogens is 284 g/mol. The summed E-state index contributed by atoms with van der Waals surface area (Å²) in [4.78, 5) is 4.04. The quantitative estimate of drug-likeness (QED) is 0.850. The summed E-state index contributed by atoms with van der Waals surface area (Å²) in [6.07, 6.45) is 8.37. The van der Waals surface area contributed by atoms with Crippen LogP contribution in [0, 0.1) is 5.41 Å². The highest BCUT2D eigenvalue weighted by Crippen LogP contribution is 2.37. The van der Waals surface area contributed by atoms with Gasteiger partial charge in [0.05, 0.1) is 0 Å². The zero-order valence-electron chi connectivity index (χ0n) is 10.8. The van der Waals surface area contributed by atoms with E-state index in [0.717, 1.165) is 25.7 Å². The zero-order chi connectivity index (χ0) is 13.8. The number of nitrogens with one attached hydrogen (secondary N) is 1. The van der Waals surface area contributed by atoms with E-state index in [2.05, 4.69) is 9.71 Å². The molecule has 1 aliphatic rings. The summed E-state index contributed by atoms with van der Waals surface area (Å²) in [5.74, 6) is 0.503. The maximum absolute atomic E-state index is 12.1. The monoisotopic (exact) mass is 302 g/mol. The summed E-state index contributed by atoms with van der Waals surface area (Å²) in [7, 11) is -3.48. The van der Waals surface area contributed by atoms with Crippen molar-refractivity contribution < 1.29 is 8.42 Å². The van der Waals surface area contributed by atoms with E-state index in [4.69, 9.17) is 11.6 Å². The van der Waals surface area contributed by atoms with E-state index >= 15 is 0 Å². The molecule has 2 rings (SSSR count). The van der Waals surface area contributed by atoms with Crippen LogP contribution in [0.5, 0.6) is 0 Å². The Morgan fingerprint density at radius 1 is 1.32 bits per heavy atom. The van der Waals surface area contributed by atoms with Gasteiger partial charge < -0.3 is 0 Å². The van der Waals surface area contributed by atoms with Gasteiger partial charge in [-0.2, -0.15) is 0 Å². The second-order valence-electron chi connectivity index (χ2n) is 5.21. The Labute approximate surface area is 119 Å². The average Bonchev–Trinajstić information content (AvgIpc) is 2.47. The third-order valence-corrected chi connectivity index (χ3v) is 5.73. The maximum Gasteiger partial charge on any atom is 0.242 e. The van der Waals surface area contributed by atoms with Crippen molar-refractivity contribution in [3.05, 3.63) is 24.5 Å². The van der Waals surface area contributed by atoms with Gasteiger partial charge in [0.1, 0.15) is 4.90 Å². The fourth-order valence-corrected chi connectivity index (χ4v) is 3.98. The van der Waals surface area contributed by atoms with Crippen LogP contribution in [0.15, 0.2) is 29.4 Å². The minimum atomic E-state index is -3.48. The smallest absolute Gasteiger partial charge is 0.242 e. The molecule has 0 aliphatic heterocycles. The lowest BCUT2D eigenvalue weighted by atomic mass is 9.76. The molecule has 0 aromatic carbocycles. The third kappa shape index (κ3) is 3.68. The highest BCUT2D eigenvalue weighted by molar-refractivity contribution is 7.89. The molecule has 1 fully saturated rings. The minimum absolute atomic E-state index is 0.0882. The molecule has 4 nitrogen and oxygen atoms in total. The van der Waals surface area contributed by atoms with E-state index in [0.29, 0.717) is 12.4 Å². The summed E-state index contributed by atoms with van der Waals surface area (Å²) in [5.41, 5.74) is -0.0882. The molecule has 0 spiro atoms. The summed E-state index contributed by atoms with van der Waals surface area (Å²) in [6, 6.07) is 3.16. The molecule has 1 aromatic heterocycles. The molecule has 6 heteroatoms. The van der Waals surface area contributed by atoms with Crippen molar-refractivity contribution in [2.24, 2.45) is 5.41 Å². The number of hydrogen-bond donors (Lipinski definition) is 1. The molecule has 1 heterocycles. The van der Waals surface area contributed by atoms with Crippen LogP contribution in [0.4, 0.5) is 0 Å². The lowest BCUT2D eigenvalue weighted by Gasteiger charge is -2.35. The number of rotatable bonds is 5. The Morgan fingerprint density at radius 2 is 2.05 bits per heavy atom. The number of alkyl halides is 1. The summed E-state index contributed by atoms with van der Waals surface area (Å²) < 4.78 is 27.0. The molecule has 1 saturated carbocycles. The van der Waals surface area contributed by atoms with Crippen LogP contribution in [0.25, 0.3) is 0 Å². The normalized spacial score (nSPS) is 19.2. The fourth-order valence-electron chi connectivity index (χ4n) is 2.50. The number of hydrogen-bond acceptors (Lipinski definition) is 3. The van der Waals surface area contributed by atoms with Crippen LogP contribution in [0.1, 0.15) is 32.1 Å². The first kappa shape index (κ1) is 14.8. The zero-order valence-corrected chi connectivity index (χ0v) is 12.4. The summed E-state index contributed by atoms with van der Waals surface area (Å²) in [6.45, 7) is 0.410. The van der Waals surface area contributed by atoms with Gasteiger partial charge in [0.2, 0.25) is 10.0 Å². The van der Waals surface area contributed by atoms with Crippen molar-refractivity contribution in [1.82, 2.24) is 9.71 Å². The second-order valence-corrected chi connectivity index (χ2v) is 7.24. The van der Waals surface area contributed by atoms with E-state index in [-0.39, 0.29) is 10.3 Å². The minimum Gasteiger partial charge on any atom is -0.263 e. The first-order chi connectivity index (χ1) is 9.08. The van der Waals surface area contributed by atoms with Gasteiger partial charge in [-0.1, -0.05) is 19.3 Å². The standard InChI is InChI=1S/C13H19ClN2O2S/c14-10-13(6-2-1-3-7-13)11-16-19(17,18)12-5-4-8-15-9-12/h4-5,8-9,16H,1-3,6-7,10-11H2. The number of halogens is 1. The van der Waals surface area contributed by atoms with Crippen molar-refractivity contribution in [2.75, 3.05) is 12.4 Å². The van der Waals surface area contributed by atoms with Gasteiger partial charge in [-0.3, -0.25) is 4.98 Å². The lowest BCUT2D eigenvalue weighted by molar-refractivity contribution is 0.223. The van der Waals surface area contributed by atoms with Gasteiger partial charge >= 0.3 is 0 Å². The Hall–Kier alpha value is -0.650. The van der Waals surface area contributed by atoms with E-state index in [9.17, 15) is 8.42 Å². The molecule has 106 valence electrons. The fraction of sp³-hybridized carbons (Fsp3) is 0.615. The van der Waals surface area contributed by atoms with Crippen molar-refractivity contribution in [2.45, 2.75) is 37.0 Å². The molecule has 1 N–H and O–H groups in total.